The highest BCUT2D eigenvalue weighted by molar-refractivity contribution is 7.12. The molecule has 0 aliphatic heterocycles. The Kier molecular flexibility index (Phi) is 6.32. The SMILES string of the molecule is CC(C)c1ccc(OCC(=O)NCc2ccc(C(O)c3ccco3)s2)cc1. The number of hydrogen-bond acceptors (Lipinski definition) is 5. The van der Waals surface area contributed by atoms with E-state index in [2.05, 4.69) is 19.2 Å². The topological polar surface area (TPSA) is 71.7 Å². The number of rotatable bonds is 8. The fraction of sp³-hybridized carbons (Fsp3) is 0.286. The van der Waals surface area contributed by atoms with Crippen LogP contribution in [0.15, 0.2) is 59.2 Å². The van der Waals surface area contributed by atoms with Crippen LogP contribution in [0.5, 0.6) is 5.75 Å². The first-order valence-corrected chi connectivity index (χ1v) is 9.64. The van der Waals surface area contributed by atoms with Crippen molar-refractivity contribution in [1.82, 2.24) is 5.32 Å². The molecule has 0 bridgehead atoms. The summed E-state index contributed by atoms with van der Waals surface area (Å²) in [4.78, 5) is 13.7. The highest BCUT2D eigenvalue weighted by atomic mass is 32.1. The molecular formula is C21H23NO4S. The van der Waals surface area contributed by atoms with E-state index in [0.717, 1.165) is 9.75 Å². The Morgan fingerprint density at radius 3 is 2.63 bits per heavy atom. The lowest BCUT2D eigenvalue weighted by atomic mass is 10.0. The highest BCUT2D eigenvalue weighted by Gasteiger charge is 2.15. The number of carbonyl (C=O) groups excluding carboxylic acids is 1. The first kappa shape index (κ1) is 19.2. The van der Waals surface area contributed by atoms with Gasteiger partial charge >= 0.3 is 0 Å². The van der Waals surface area contributed by atoms with Crippen LogP contribution in [0.3, 0.4) is 0 Å². The largest absolute Gasteiger partial charge is 0.484 e. The van der Waals surface area contributed by atoms with Crippen LogP contribution in [0.2, 0.25) is 0 Å². The molecule has 0 aliphatic carbocycles. The number of amides is 1. The quantitative estimate of drug-likeness (QED) is 0.608. The van der Waals surface area contributed by atoms with Crippen molar-refractivity contribution in [3.63, 3.8) is 0 Å². The molecule has 1 unspecified atom stereocenters. The molecule has 0 spiro atoms. The van der Waals surface area contributed by atoms with Crippen molar-refractivity contribution in [3.8, 4) is 5.75 Å². The van der Waals surface area contributed by atoms with Crippen LogP contribution in [-0.2, 0) is 11.3 Å². The van der Waals surface area contributed by atoms with Gasteiger partial charge in [-0.05, 0) is 47.9 Å². The van der Waals surface area contributed by atoms with Crippen LogP contribution >= 0.6 is 11.3 Å². The summed E-state index contributed by atoms with van der Waals surface area (Å²) in [6, 6.07) is 15.0. The maximum Gasteiger partial charge on any atom is 0.258 e. The molecule has 27 heavy (non-hydrogen) atoms. The Morgan fingerprint density at radius 2 is 1.96 bits per heavy atom. The van der Waals surface area contributed by atoms with Crippen molar-refractivity contribution in [2.45, 2.75) is 32.4 Å². The number of hydrogen-bond donors (Lipinski definition) is 2. The van der Waals surface area contributed by atoms with E-state index in [9.17, 15) is 9.90 Å². The van der Waals surface area contributed by atoms with Crippen molar-refractivity contribution in [3.05, 3.63) is 75.9 Å². The maximum absolute atomic E-state index is 12.0. The van der Waals surface area contributed by atoms with Crippen LogP contribution in [0.25, 0.3) is 0 Å². The van der Waals surface area contributed by atoms with Crippen molar-refractivity contribution in [2.75, 3.05) is 6.61 Å². The molecule has 142 valence electrons. The molecule has 0 saturated carbocycles. The normalized spacial score (nSPS) is 12.1. The van der Waals surface area contributed by atoms with E-state index in [1.807, 2.05) is 36.4 Å². The van der Waals surface area contributed by atoms with E-state index in [4.69, 9.17) is 9.15 Å². The Morgan fingerprint density at radius 1 is 1.19 bits per heavy atom. The summed E-state index contributed by atoms with van der Waals surface area (Å²) in [5, 5.41) is 13.1. The van der Waals surface area contributed by atoms with E-state index in [1.165, 1.54) is 23.2 Å². The van der Waals surface area contributed by atoms with Gasteiger partial charge in [0.2, 0.25) is 0 Å². The number of aliphatic hydroxyl groups excluding tert-OH is 1. The standard InChI is InChI=1S/C21H23NO4S/c1-14(2)15-5-7-16(8-6-15)26-13-20(23)22-12-17-9-10-19(27-17)21(24)18-4-3-11-25-18/h3-11,14,21,24H,12-13H2,1-2H3,(H,22,23). The fourth-order valence-electron chi connectivity index (χ4n) is 2.56. The molecule has 0 saturated heterocycles. The molecule has 1 aromatic carbocycles. The molecular weight excluding hydrogens is 362 g/mol. The molecule has 0 fully saturated rings. The lowest BCUT2D eigenvalue weighted by Crippen LogP contribution is -2.28. The summed E-state index contributed by atoms with van der Waals surface area (Å²) >= 11 is 1.43. The zero-order valence-electron chi connectivity index (χ0n) is 15.3. The van der Waals surface area contributed by atoms with Gasteiger partial charge in [0, 0.05) is 9.75 Å². The van der Waals surface area contributed by atoms with Gasteiger partial charge in [0.15, 0.2) is 6.61 Å². The lowest BCUT2D eigenvalue weighted by Gasteiger charge is -2.09. The lowest BCUT2D eigenvalue weighted by molar-refractivity contribution is -0.123. The molecule has 3 rings (SSSR count). The summed E-state index contributed by atoms with van der Waals surface area (Å²) in [5.74, 6) is 1.45. The van der Waals surface area contributed by atoms with Crippen molar-refractivity contribution >= 4 is 17.2 Å². The Balaban J connectivity index is 1.45. The third kappa shape index (κ3) is 5.21. The van der Waals surface area contributed by atoms with Crippen molar-refractivity contribution in [1.29, 1.82) is 0 Å². The first-order valence-electron chi connectivity index (χ1n) is 8.82. The minimum atomic E-state index is -0.786. The second kappa shape index (κ2) is 8.88. The predicted octanol–water partition coefficient (Wildman–Crippen LogP) is 4.24. The van der Waals surface area contributed by atoms with Crippen molar-refractivity contribution in [2.24, 2.45) is 0 Å². The molecule has 2 N–H and O–H groups in total. The van der Waals surface area contributed by atoms with Gasteiger partial charge in [-0.25, -0.2) is 0 Å². The van der Waals surface area contributed by atoms with Crippen LogP contribution in [0.4, 0.5) is 0 Å². The van der Waals surface area contributed by atoms with Gasteiger partial charge in [-0.1, -0.05) is 26.0 Å². The molecule has 2 heterocycles. The van der Waals surface area contributed by atoms with E-state index in [0.29, 0.717) is 24.0 Å². The smallest absolute Gasteiger partial charge is 0.258 e. The number of benzene rings is 1. The summed E-state index contributed by atoms with van der Waals surface area (Å²) in [6.45, 7) is 4.62. The summed E-state index contributed by atoms with van der Waals surface area (Å²) in [5.41, 5.74) is 1.23. The predicted molar refractivity (Wildman–Crippen MR) is 105 cm³/mol. The van der Waals surface area contributed by atoms with Gasteiger partial charge in [-0.3, -0.25) is 4.79 Å². The average molecular weight is 385 g/mol. The van der Waals surface area contributed by atoms with Crippen LogP contribution < -0.4 is 10.1 Å². The second-order valence-corrected chi connectivity index (χ2v) is 7.71. The van der Waals surface area contributed by atoms with Crippen LogP contribution in [-0.4, -0.2) is 17.6 Å². The zero-order valence-corrected chi connectivity index (χ0v) is 16.2. The highest BCUT2D eigenvalue weighted by Crippen LogP contribution is 2.28. The minimum absolute atomic E-state index is 0.0335. The van der Waals surface area contributed by atoms with Gasteiger partial charge in [-0.2, -0.15) is 0 Å². The fourth-order valence-corrected chi connectivity index (χ4v) is 3.51. The van der Waals surface area contributed by atoms with Crippen molar-refractivity contribution < 1.29 is 19.1 Å². The maximum atomic E-state index is 12.0. The molecule has 1 atom stereocenters. The van der Waals surface area contributed by atoms with Gasteiger partial charge < -0.3 is 19.6 Å². The van der Waals surface area contributed by atoms with Gasteiger partial charge in [-0.15, -0.1) is 11.3 Å². The molecule has 5 nitrogen and oxygen atoms in total. The van der Waals surface area contributed by atoms with Crippen LogP contribution in [0, 0.1) is 0 Å². The molecule has 6 heteroatoms. The zero-order chi connectivity index (χ0) is 19.2. The number of aliphatic hydroxyl groups is 1. The van der Waals surface area contributed by atoms with Gasteiger partial charge in [0.05, 0.1) is 12.8 Å². The van der Waals surface area contributed by atoms with E-state index < -0.39 is 6.10 Å². The Bertz CT molecular complexity index is 853. The average Bonchev–Trinajstić information content (AvgIpc) is 3.36. The Hall–Kier alpha value is -2.57. The van der Waals surface area contributed by atoms with Crippen LogP contribution in [0.1, 0.15) is 46.9 Å². The minimum Gasteiger partial charge on any atom is -0.484 e. The molecule has 2 aromatic heterocycles. The summed E-state index contributed by atoms with van der Waals surface area (Å²) in [7, 11) is 0. The van der Waals surface area contributed by atoms with Gasteiger partial charge in [0.1, 0.15) is 17.6 Å². The summed E-state index contributed by atoms with van der Waals surface area (Å²) < 4.78 is 10.7. The third-order valence-electron chi connectivity index (χ3n) is 4.14. The molecule has 3 aromatic rings. The van der Waals surface area contributed by atoms with E-state index in [-0.39, 0.29) is 12.5 Å². The second-order valence-electron chi connectivity index (χ2n) is 6.51. The third-order valence-corrected chi connectivity index (χ3v) is 5.28. The molecule has 0 radical (unpaired) electrons. The monoisotopic (exact) mass is 385 g/mol. The van der Waals surface area contributed by atoms with E-state index in [1.54, 1.807) is 12.1 Å². The molecule has 1 amide bonds. The summed E-state index contributed by atoms with van der Waals surface area (Å²) in [6.07, 6.45) is 0.746. The Labute approximate surface area is 162 Å². The van der Waals surface area contributed by atoms with E-state index >= 15 is 0 Å². The molecule has 0 aliphatic rings. The number of carbonyl (C=O) groups is 1. The van der Waals surface area contributed by atoms with Gasteiger partial charge in [0.25, 0.3) is 5.91 Å². The number of furan rings is 1. The number of nitrogens with one attached hydrogen (secondary N) is 1. The first-order chi connectivity index (χ1) is 13.0. The number of ether oxygens (including phenoxy) is 1. The number of thiophene rings is 1.